The first-order chi connectivity index (χ1) is 11.7. The summed E-state index contributed by atoms with van der Waals surface area (Å²) in [5.41, 5.74) is 3.07. The number of aromatic hydroxyl groups is 1. The maximum absolute atomic E-state index is 10.4. The Hall–Kier alpha value is -3.08. The van der Waals surface area contributed by atoms with E-state index in [0.29, 0.717) is 23.6 Å². The van der Waals surface area contributed by atoms with Crippen molar-refractivity contribution in [3.8, 4) is 39.6 Å². The van der Waals surface area contributed by atoms with E-state index >= 15 is 0 Å². The van der Waals surface area contributed by atoms with Gasteiger partial charge in [-0.3, -0.25) is 0 Å². The number of benzene rings is 2. The molecule has 0 bridgehead atoms. The van der Waals surface area contributed by atoms with Crippen molar-refractivity contribution in [1.29, 1.82) is 0 Å². The zero-order chi connectivity index (χ0) is 16.9. The molecule has 1 aromatic heterocycles. The minimum Gasteiger partial charge on any atom is -0.507 e. The molecule has 0 unspecified atom stereocenters. The highest BCUT2D eigenvalue weighted by molar-refractivity contribution is 5.83. The van der Waals surface area contributed by atoms with E-state index in [9.17, 15) is 5.11 Å². The summed E-state index contributed by atoms with van der Waals surface area (Å²) < 4.78 is 10.6. The van der Waals surface area contributed by atoms with Gasteiger partial charge < -0.3 is 14.6 Å². The van der Waals surface area contributed by atoms with Crippen LogP contribution >= 0.6 is 0 Å². The lowest BCUT2D eigenvalue weighted by atomic mass is 10.00. The Balaban J connectivity index is 2.06. The van der Waals surface area contributed by atoms with Gasteiger partial charge in [-0.15, -0.1) is 0 Å². The van der Waals surface area contributed by atoms with Gasteiger partial charge in [0.1, 0.15) is 23.6 Å². The Morgan fingerprint density at radius 3 is 2.42 bits per heavy atom. The molecule has 0 amide bonds. The number of rotatable bonds is 5. The number of hydrogen-bond donors (Lipinski definition) is 1. The molecule has 0 spiro atoms. The van der Waals surface area contributed by atoms with Gasteiger partial charge >= 0.3 is 0 Å². The van der Waals surface area contributed by atoms with E-state index in [0.717, 1.165) is 16.9 Å². The van der Waals surface area contributed by atoms with E-state index in [1.165, 1.54) is 6.33 Å². The normalized spacial score (nSPS) is 10.4. The van der Waals surface area contributed by atoms with Gasteiger partial charge in [0.25, 0.3) is 0 Å². The molecule has 122 valence electrons. The molecule has 24 heavy (non-hydrogen) atoms. The third-order valence-corrected chi connectivity index (χ3v) is 3.65. The topological polar surface area (TPSA) is 64.5 Å². The van der Waals surface area contributed by atoms with Gasteiger partial charge in [-0.1, -0.05) is 12.1 Å². The zero-order valence-corrected chi connectivity index (χ0v) is 13.6. The number of phenols is 1. The van der Waals surface area contributed by atoms with Gasteiger partial charge in [-0.05, 0) is 36.8 Å². The molecule has 0 radical (unpaired) electrons. The minimum atomic E-state index is 0.120. The standard InChI is InChI=1S/C19H18N2O3/c1-3-24-15-8-9-16(18(22)10-15)19-17(11-20-12-21-19)13-4-6-14(23-2)7-5-13/h4-12,22H,3H2,1-2H3. The first kappa shape index (κ1) is 15.8. The molecule has 0 aliphatic rings. The van der Waals surface area contributed by atoms with Crippen molar-refractivity contribution in [1.82, 2.24) is 9.97 Å². The van der Waals surface area contributed by atoms with Gasteiger partial charge in [0.15, 0.2) is 0 Å². The zero-order valence-electron chi connectivity index (χ0n) is 13.6. The van der Waals surface area contributed by atoms with E-state index in [1.807, 2.05) is 37.3 Å². The Labute approximate surface area is 140 Å². The van der Waals surface area contributed by atoms with Crippen LogP contribution in [0.15, 0.2) is 55.0 Å². The van der Waals surface area contributed by atoms with Gasteiger partial charge in [0.2, 0.25) is 0 Å². The second kappa shape index (κ2) is 7.00. The molecule has 5 heteroatoms. The molecule has 3 aromatic rings. The quantitative estimate of drug-likeness (QED) is 0.771. The van der Waals surface area contributed by atoms with Crippen LogP contribution < -0.4 is 9.47 Å². The Morgan fingerprint density at radius 2 is 1.75 bits per heavy atom. The van der Waals surface area contributed by atoms with Crippen LogP contribution in [0.25, 0.3) is 22.4 Å². The summed E-state index contributed by atoms with van der Waals surface area (Å²) in [7, 11) is 1.63. The fourth-order valence-electron chi connectivity index (χ4n) is 2.49. The minimum absolute atomic E-state index is 0.120. The largest absolute Gasteiger partial charge is 0.507 e. The third kappa shape index (κ3) is 3.15. The lowest BCUT2D eigenvalue weighted by Crippen LogP contribution is -1.94. The molecule has 2 aromatic carbocycles. The lowest BCUT2D eigenvalue weighted by molar-refractivity contribution is 0.338. The highest BCUT2D eigenvalue weighted by Crippen LogP contribution is 2.37. The second-order valence-corrected chi connectivity index (χ2v) is 5.13. The van der Waals surface area contributed by atoms with Crippen molar-refractivity contribution in [3.63, 3.8) is 0 Å². The number of ether oxygens (including phenoxy) is 2. The van der Waals surface area contributed by atoms with E-state index in [-0.39, 0.29) is 5.75 Å². The van der Waals surface area contributed by atoms with Gasteiger partial charge in [0.05, 0.1) is 19.4 Å². The highest BCUT2D eigenvalue weighted by atomic mass is 16.5. The maximum atomic E-state index is 10.4. The smallest absolute Gasteiger partial charge is 0.128 e. The summed E-state index contributed by atoms with van der Waals surface area (Å²) in [6.07, 6.45) is 3.21. The van der Waals surface area contributed by atoms with Crippen molar-refractivity contribution in [2.24, 2.45) is 0 Å². The second-order valence-electron chi connectivity index (χ2n) is 5.13. The Bertz CT molecular complexity index is 832. The van der Waals surface area contributed by atoms with Gasteiger partial charge in [0, 0.05) is 23.4 Å². The van der Waals surface area contributed by atoms with Crippen molar-refractivity contribution in [3.05, 3.63) is 55.0 Å². The summed E-state index contributed by atoms with van der Waals surface area (Å²) in [6, 6.07) is 12.8. The van der Waals surface area contributed by atoms with Crippen LogP contribution in [-0.2, 0) is 0 Å². The monoisotopic (exact) mass is 322 g/mol. The summed E-state index contributed by atoms with van der Waals surface area (Å²) in [5.74, 6) is 1.52. The number of methoxy groups -OCH3 is 1. The highest BCUT2D eigenvalue weighted by Gasteiger charge is 2.13. The number of aromatic nitrogens is 2. The van der Waals surface area contributed by atoms with Crippen LogP contribution in [0.5, 0.6) is 17.2 Å². The van der Waals surface area contributed by atoms with Crippen LogP contribution in [0.1, 0.15) is 6.92 Å². The van der Waals surface area contributed by atoms with E-state index < -0.39 is 0 Å². The van der Waals surface area contributed by atoms with Crippen LogP contribution in [0, 0.1) is 0 Å². The van der Waals surface area contributed by atoms with Crippen molar-refractivity contribution in [2.75, 3.05) is 13.7 Å². The molecule has 5 nitrogen and oxygen atoms in total. The fraction of sp³-hybridized carbons (Fsp3) is 0.158. The van der Waals surface area contributed by atoms with E-state index in [1.54, 1.807) is 25.4 Å². The molecule has 0 atom stereocenters. The summed E-state index contributed by atoms with van der Waals surface area (Å²) in [4.78, 5) is 8.48. The molecule has 0 saturated carbocycles. The van der Waals surface area contributed by atoms with Crippen LogP contribution in [0.3, 0.4) is 0 Å². The molecule has 0 aliphatic heterocycles. The molecular weight excluding hydrogens is 304 g/mol. The third-order valence-electron chi connectivity index (χ3n) is 3.65. The molecular formula is C19H18N2O3. The first-order valence-electron chi connectivity index (χ1n) is 7.63. The maximum Gasteiger partial charge on any atom is 0.128 e. The molecule has 0 saturated heterocycles. The van der Waals surface area contributed by atoms with Crippen LogP contribution in [-0.4, -0.2) is 28.8 Å². The average Bonchev–Trinajstić information content (AvgIpc) is 2.62. The summed E-state index contributed by atoms with van der Waals surface area (Å²) in [6.45, 7) is 2.44. The van der Waals surface area contributed by atoms with Crippen LogP contribution in [0.4, 0.5) is 0 Å². The molecule has 1 heterocycles. The predicted octanol–water partition coefficient (Wildman–Crippen LogP) is 3.92. The van der Waals surface area contributed by atoms with E-state index in [2.05, 4.69) is 9.97 Å². The Morgan fingerprint density at radius 1 is 1.00 bits per heavy atom. The molecule has 0 fully saturated rings. The number of nitrogens with zero attached hydrogens (tertiary/aromatic N) is 2. The molecule has 3 rings (SSSR count). The predicted molar refractivity (Wildman–Crippen MR) is 92.3 cm³/mol. The van der Waals surface area contributed by atoms with Crippen molar-refractivity contribution in [2.45, 2.75) is 6.92 Å². The SMILES string of the molecule is CCOc1ccc(-c2ncncc2-c2ccc(OC)cc2)c(O)c1. The number of hydrogen-bond acceptors (Lipinski definition) is 5. The van der Waals surface area contributed by atoms with Gasteiger partial charge in [-0.2, -0.15) is 0 Å². The lowest BCUT2D eigenvalue weighted by Gasteiger charge is -2.11. The van der Waals surface area contributed by atoms with E-state index in [4.69, 9.17) is 9.47 Å². The fourth-order valence-corrected chi connectivity index (χ4v) is 2.49. The number of phenolic OH excluding ortho intramolecular Hbond substituents is 1. The first-order valence-corrected chi connectivity index (χ1v) is 7.63. The van der Waals surface area contributed by atoms with Gasteiger partial charge in [-0.25, -0.2) is 9.97 Å². The Kier molecular flexibility index (Phi) is 4.61. The summed E-state index contributed by atoms with van der Waals surface area (Å²) >= 11 is 0. The average molecular weight is 322 g/mol. The molecule has 0 aliphatic carbocycles. The van der Waals surface area contributed by atoms with Crippen molar-refractivity contribution < 1.29 is 14.6 Å². The molecule has 1 N–H and O–H groups in total. The van der Waals surface area contributed by atoms with Crippen molar-refractivity contribution >= 4 is 0 Å². The van der Waals surface area contributed by atoms with Crippen LogP contribution in [0.2, 0.25) is 0 Å². The summed E-state index contributed by atoms with van der Waals surface area (Å²) in [5, 5.41) is 10.4.